The van der Waals surface area contributed by atoms with Crippen LogP contribution in [0.5, 0.6) is 5.75 Å². The maximum absolute atomic E-state index is 13.3. The monoisotopic (exact) mass is 526 g/mol. The van der Waals surface area contributed by atoms with E-state index in [1.807, 2.05) is 53.1 Å². The second-order valence-electron chi connectivity index (χ2n) is 10.1. The van der Waals surface area contributed by atoms with Gasteiger partial charge in [0.15, 0.2) is 0 Å². The average Bonchev–Trinajstić information content (AvgIpc) is 3.34. The Morgan fingerprint density at radius 3 is 2.49 bits per heavy atom. The van der Waals surface area contributed by atoms with E-state index in [1.165, 1.54) is 0 Å². The molecule has 1 saturated carbocycles. The number of pyridine rings is 1. The van der Waals surface area contributed by atoms with Gasteiger partial charge < -0.3 is 20.5 Å². The Balaban J connectivity index is 1.45. The number of benzene rings is 2. The highest BCUT2D eigenvalue weighted by Crippen LogP contribution is 2.31. The topological polar surface area (TPSA) is 105 Å². The molecule has 202 valence electrons. The Morgan fingerprint density at radius 1 is 1.05 bits per heavy atom. The standard InChI is InChI=1S/C31H34N4O4/c1-39-25-14-12-23(13-15-25)29-30(32-20-21-8-4-2-5-9-21)35-17-16-24(18-27(35)34-29)31(38)33-26(19-28(36)37)22-10-6-3-7-11-22/h2,4-5,8-9,12-18,22,26,32H,3,6-7,10-11,19-20H2,1H3,(H,33,38)(H,36,37). The number of carbonyl (C=O) groups is 2. The van der Waals surface area contributed by atoms with Crippen molar-refractivity contribution in [1.29, 1.82) is 0 Å². The zero-order valence-corrected chi connectivity index (χ0v) is 22.1. The Labute approximate surface area is 228 Å². The molecule has 1 aliphatic carbocycles. The van der Waals surface area contributed by atoms with Crippen molar-refractivity contribution in [1.82, 2.24) is 14.7 Å². The van der Waals surface area contributed by atoms with E-state index in [9.17, 15) is 14.7 Å². The van der Waals surface area contributed by atoms with Crippen LogP contribution in [-0.2, 0) is 11.3 Å². The maximum Gasteiger partial charge on any atom is 0.305 e. The van der Waals surface area contributed by atoms with E-state index in [0.717, 1.165) is 60.5 Å². The summed E-state index contributed by atoms with van der Waals surface area (Å²) in [5.74, 6) is 0.588. The first-order valence-corrected chi connectivity index (χ1v) is 13.5. The molecule has 1 fully saturated rings. The molecule has 8 heteroatoms. The van der Waals surface area contributed by atoms with Crippen molar-refractivity contribution in [3.05, 3.63) is 84.1 Å². The highest BCUT2D eigenvalue weighted by Gasteiger charge is 2.28. The van der Waals surface area contributed by atoms with Crippen LogP contribution < -0.4 is 15.4 Å². The van der Waals surface area contributed by atoms with Gasteiger partial charge in [-0.25, -0.2) is 4.98 Å². The maximum atomic E-state index is 13.3. The van der Waals surface area contributed by atoms with Crippen molar-refractivity contribution in [3.8, 4) is 17.0 Å². The second kappa shape index (κ2) is 12.0. The zero-order valence-electron chi connectivity index (χ0n) is 22.1. The summed E-state index contributed by atoms with van der Waals surface area (Å²) < 4.78 is 7.26. The fraction of sp³-hybridized carbons (Fsp3) is 0.323. The predicted molar refractivity (Wildman–Crippen MR) is 151 cm³/mol. The number of carbonyl (C=O) groups excluding carboxylic acids is 1. The summed E-state index contributed by atoms with van der Waals surface area (Å²) in [5, 5.41) is 16.0. The first-order valence-electron chi connectivity index (χ1n) is 13.5. The third kappa shape index (κ3) is 6.22. The number of hydrogen-bond donors (Lipinski definition) is 3. The molecule has 4 aromatic rings. The lowest BCUT2D eigenvalue weighted by molar-refractivity contribution is -0.137. The van der Waals surface area contributed by atoms with E-state index in [1.54, 1.807) is 19.2 Å². The number of ether oxygens (including phenoxy) is 1. The highest BCUT2D eigenvalue weighted by molar-refractivity contribution is 5.96. The van der Waals surface area contributed by atoms with Crippen LogP contribution in [0, 0.1) is 5.92 Å². The molecule has 3 N–H and O–H groups in total. The molecular weight excluding hydrogens is 492 g/mol. The number of rotatable bonds is 10. The van der Waals surface area contributed by atoms with Gasteiger partial charge in [-0.2, -0.15) is 0 Å². The minimum absolute atomic E-state index is 0.0722. The number of aliphatic carboxylic acids is 1. The minimum Gasteiger partial charge on any atom is -0.497 e. The lowest BCUT2D eigenvalue weighted by Crippen LogP contribution is -2.42. The lowest BCUT2D eigenvalue weighted by Gasteiger charge is -2.30. The molecule has 1 unspecified atom stereocenters. The number of methoxy groups -OCH3 is 1. The number of carboxylic acids is 1. The van der Waals surface area contributed by atoms with Crippen LogP contribution in [0.1, 0.15) is 54.4 Å². The van der Waals surface area contributed by atoms with Crippen LogP contribution in [0.2, 0.25) is 0 Å². The largest absolute Gasteiger partial charge is 0.497 e. The smallest absolute Gasteiger partial charge is 0.305 e. The van der Waals surface area contributed by atoms with Gasteiger partial charge >= 0.3 is 5.97 Å². The lowest BCUT2D eigenvalue weighted by atomic mass is 9.82. The van der Waals surface area contributed by atoms with Crippen molar-refractivity contribution < 1.29 is 19.4 Å². The van der Waals surface area contributed by atoms with Gasteiger partial charge in [0.25, 0.3) is 5.91 Å². The van der Waals surface area contributed by atoms with Crippen molar-refractivity contribution in [3.63, 3.8) is 0 Å². The van der Waals surface area contributed by atoms with Crippen LogP contribution in [0.15, 0.2) is 72.9 Å². The van der Waals surface area contributed by atoms with Gasteiger partial charge in [-0.1, -0.05) is 49.6 Å². The number of fused-ring (bicyclic) bond motifs is 1. The highest BCUT2D eigenvalue weighted by atomic mass is 16.5. The number of hydrogen-bond acceptors (Lipinski definition) is 5. The van der Waals surface area contributed by atoms with Crippen LogP contribution in [0.25, 0.3) is 16.9 Å². The van der Waals surface area contributed by atoms with E-state index in [2.05, 4.69) is 22.8 Å². The molecule has 2 aromatic carbocycles. The molecule has 0 saturated heterocycles. The SMILES string of the molecule is COc1ccc(-c2nc3cc(C(=O)NC(CC(=O)O)C4CCCCC4)ccn3c2NCc2ccccc2)cc1. The quantitative estimate of drug-likeness (QED) is 0.242. The number of imidazole rings is 1. The molecule has 0 bridgehead atoms. The summed E-state index contributed by atoms with van der Waals surface area (Å²) in [6.45, 7) is 0.609. The molecule has 1 atom stereocenters. The summed E-state index contributed by atoms with van der Waals surface area (Å²) >= 11 is 0. The summed E-state index contributed by atoms with van der Waals surface area (Å²) in [7, 11) is 1.63. The summed E-state index contributed by atoms with van der Waals surface area (Å²) in [5.41, 5.74) is 3.89. The van der Waals surface area contributed by atoms with Crippen LogP contribution in [0.3, 0.4) is 0 Å². The van der Waals surface area contributed by atoms with E-state index in [0.29, 0.717) is 17.8 Å². The van der Waals surface area contributed by atoms with Gasteiger partial charge in [0.2, 0.25) is 0 Å². The Hall–Kier alpha value is -4.33. The number of nitrogens with zero attached hydrogens (tertiary/aromatic N) is 2. The van der Waals surface area contributed by atoms with Crippen molar-refractivity contribution in [2.75, 3.05) is 12.4 Å². The van der Waals surface area contributed by atoms with Crippen LogP contribution >= 0.6 is 0 Å². The van der Waals surface area contributed by atoms with Crippen molar-refractivity contribution >= 4 is 23.3 Å². The van der Waals surface area contributed by atoms with Crippen molar-refractivity contribution in [2.24, 2.45) is 5.92 Å². The molecule has 5 rings (SSSR count). The van der Waals surface area contributed by atoms with Crippen LogP contribution in [-0.4, -0.2) is 39.5 Å². The fourth-order valence-electron chi connectivity index (χ4n) is 5.40. The van der Waals surface area contributed by atoms with E-state index in [-0.39, 0.29) is 24.3 Å². The van der Waals surface area contributed by atoms with Gasteiger partial charge in [-0.15, -0.1) is 0 Å². The van der Waals surface area contributed by atoms with Crippen LogP contribution in [0.4, 0.5) is 5.82 Å². The van der Waals surface area contributed by atoms with E-state index < -0.39 is 5.97 Å². The number of aromatic nitrogens is 2. The Bertz CT molecular complexity index is 1430. The molecule has 8 nitrogen and oxygen atoms in total. The number of anilines is 1. The molecule has 39 heavy (non-hydrogen) atoms. The third-order valence-electron chi connectivity index (χ3n) is 7.48. The molecule has 1 amide bonds. The number of amides is 1. The van der Waals surface area contributed by atoms with Gasteiger partial charge in [-0.05, 0) is 60.7 Å². The second-order valence-corrected chi connectivity index (χ2v) is 10.1. The average molecular weight is 527 g/mol. The first-order chi connectivity index (χ1) is 19.0. The number of carboxylic acid groups (broad SMARTS) is 1. The Kier molecular flexibility index (Phi) is 8.10. The third-order valence-corrected chi connectivity index (χ3v) is 7.48. The number of nitrogens with one attached hydrogen (secondary N) is 2. The van der Waals surface area contributed by atoms with Gasteiger partial charge in [0.05, 0.1) is 13.5 Å². The van der Waals surface area contributed by atoms with Gasteiger partial charge in [0, 0.05) is 29.9 Å². The summed E-state index contributed by atoms with van der Waals surface area (Å²) in [6.07, 6.45) is 6.96. The molecule has 0 spiro atoms. The molecule has 0 radical (unpaired) electrons. The molecule has 1 aliphatic rings. The zero-order chi connectivity index (χ0) is 27.2. The molecule has 0 aliphatic heterocycles. The molecular formula is C31H34N4O4. The summed E-state index contributed by atoms with van der Waals surface area (Å²) in [6, 6.07) is 21.0. The van der Waals surface area contributed by atoms with Gasteiger partial charge in [-0.3, -0.25) is 14.0 Å². The normalized spacial score (nSPS) is 14.6. The molecule has 2 aromatic heterocycles. The minimum atomic E-state index is -0.896. The molecule has 2 heterocycles. The summed E-state index contributed by atoms with van der Waals surface area (Å²) in [4.78, 5) is 29.7. The van der Waals surface area contributed by atoms with E-state index in [4.69, 9.17) is 9.72 Å². The first kappa shape index (κ1) is 26.3. The van der Waals surface area contributed by atoms with E-state index >= 15 is 0 Å². The Morgan fingerprint density at radius 2 is 1.79 bits per heavy atom. The van der Waals surface area contributed by atoms with Crippen molar-refractivity contribution in [2.45, 2.75) is 51.1 Å². The fourth-order valence-corrected chi connectivity index (χ4v) is 5.40. The van der Waals surface area contributed by atoms with Gasteiger partial charge in [0.1, 0.15) is 22.9 Å². The predicted octanol–water partition coefficient (Wildman–Crippen LogP) is 5.78.